The molecule has 0 saturated carbocycles. The van der Waals surface area contributed by atoms with E-state index in [0.29, 0.717) is 5.82 Å². The number of aromatic nitrogens is 1. The molecule has 1 amide bonds. The number of hydrogen-bond donors (Lipinski definition) is 3. The molecule has 7 nitrogen and oxygen atoms in total. The van der Waals surface area contributed by atoms with Gasteiger partial charge in [-0.2, -0.15) is 0 Å². The first kappa shape index (κ1) is 12.3. The highest BCUT2D eigenvalue weighted by Gasteiger charge is 2.36. The number of amides is 1. The molecule has 0 spiro atoms. The van der Waals surface area contributed by atoms with Gasteiger partial charge in [0.05, 0.1) is 11.7 Å². The van der Waals surface area contributed by atoms with E-state index >= 15 is 0 Å². The number of hydrogen-bond acceptors (Lipinski definition) is 5. The highest BCUT2D eigenvalue weighted by Crippen LogP contribution is 2.24. The second kappa shape index (κ2) is 4.61. The first-order chi connectivity index (χ1) is 8.49. The van der Waals surface area contributed by atoms with E-state index in [9.17, 15) is 14.7 Å². The van der Waals surface area contributed by atoms with Gasteiger partial charge in [-0.05, 0) is 12.1 Å². The smallest absolute Gasteiger partial charge is 0.326 e. The van der Waals surface area contributed by atoms with Crippen molar-refractivity contribution >= 4 is 17.7 Å². The van der Waals surface area contributed by atoms with Crippen LogP contribution in [0.4, 0.5) is 5.82 Å². The summed E-state index contributed by atoms with van der Waals surface area (Å²) in [5.41, 5.74) is 5.34. The summed E-state index contributed by atoms with van der Waals surface area (Å²) in [7, 11) is 0. The number of pyridine rings is 1. The maximum Gasteiger partial charge on any atom is 0.326 e. The highest BCUT2D eigenvalue weighted by atomic mass is 16.4. The highest BCUT2D eigenvalue weighted by molar-refractivity contribution is 5.92. The second-order valence-corrected chi connectivity index (χ2v) is 4.17. The van der Waals surface area contributed by atoms with Crippen LogP contribution in [0.15, 0.2) is 18.3 Å². The predicted octanol–water partition coefficient (Wildman–Crippen LogP) is -0.795. The van der Waals surface area contributed by atoms with Crippen molar-refractivity contribution in [3.8, 4) is 0 Å². The lowest BCUT2D eigenvalue weighted by Crippen LogP contribution is -2.36. The van der Waals surface area contributed by atoms with Crippen molar-refractivity contribution in [3.63, 3.8) is 0 Å². The molecule has 0 bridgehead atoms. The van der Waals surface area contributed by atoms with E-state index in [1.54, 1.807) is 0 Å². The molecule has 0 aromatic carbocycles. The molecule has 1 aliphatic rings. The van der Waals surface area contributed by atoms with Crippen molar-refractivity contribution < 1.29 is 19.8 Å². The Morgan fingerprint density at radius 2 is 2.17 bits per heavy atom. The van der Waals surface area contributed by atoms with E-state index in [1.165, 1.54) is 23.2 Å². The van der Waals surface area contributed by atoms with Crippen LogP contribution >= 0.6 is 0 Å². The molecule has 7 heteroatoms. The zero-order valence-electron chi connectivity index (χ0n) is 9.48. The van der Waals surface area contributed by atoms with Crippen molar-refractivity contribution in [1.82, 2.24) is 4.98 Å². The summed E-state index contributed by atoms with van der Waals surface area (Å²) >= 11 is 0. The van der Waals surface area contributed by atoms with Crippen LogP contribution in [-0.4, -0.2) is 45.8 Å². The second-order valence-electron chi connectivity index (χ2n) is 4.17. The minimum Gasteiger partial charge on any atom is -0.480 e. The summed E-state index contributed by atoms with van der Waals surface area (Å²) in [6.07, 6.45) is 0.763. The predicted molar refractivity (Wildman–Crippen MR) is 62.1 cm³/mol. The Labute approximate surface area is 103 Å². The summed E-state index contributed by atoms with van der Waals surface area (Å²) in [4.78, 5) is 27.4. The third-order valence-electron chi connectivity index (χ3n) is 2.89. The van der Waals surface area contributed by atoms with Gasteiger partial charge < -0.3 is 20.8 Å². The van der Waals surface area contributed by atoms with Gasteiger partial charge >= 0.3 is 5.97 Å². The number of nitrogens with zero attached hydrogens (tertiary/aromatic N) is 2. The van der Waals surface area contributed by atoms with Gasteiger partial charge in [-0.15, -0.1) is 0 Å². The molecule has 2 heterocycles. The summed E-state index contributed by atoms with van der Waals surface area (Å²) in [6.45, 7) is 0.208. The van der Waals surface area contributed by atoms with Crippen LogP contribution in [0.5, 0.6) is 0 Å². The van der Waals surface area contributed by atoms with Crippen molar-refractivity contribution in [3.05, 3.63) is 23.9 Å². The Bertz CT molecular complexity index is 474. The molecule has 96 valence electrons. The van der Waals surface area contributed by atoms with Crippen molar-refractivity contribution in [2.75, 3.05) is 11.4 Å². The SMILES string of the molecule is NC(=O)c1ccc(N2CC(O)CC2C(=O)O)nc1. The van der Waals surface area contributed by atoms with Crippen molar-refractivity contribution in [2.45, 2.75) is 18.6 Å². The Hall–Kier alpha value is -2.15. The van der Waals surface area contributed by atoms with Crippen LogP contribution in [0.3, 0.4) is 0 Å². The molecule has 2 atom stereocenters. The van der Waals surface area contributed by atoms with Gasteiger partial charge in [-0.3, -0.25) is 4.79 Å². The fraction of sp³-hybridized carbons (Fsp3) is 0.364. The molecule has 2 unspecified atom stereocenters. The molecule has 4 N–H and O–H groups in total. The summed E-state index contributed by atoms with van der Waals surface area (Å²) in [6, 6.07) is 2.20. The molecule has 1 aromatic heterocycles. The van der Waals surface area contributed by atoms with Crippen LogP contribution in [-0.2, 0) is 4.79 Å². The fourth-order valence-corrected chi connectivity index (χ4v) is 2.00. The molecule has 0 aliphatic carbocycles. The third kappa shape index (κ3) is 2.25. The van der Waals surface area contributed by atoms with Gasteiger partial charge in [0.25, 0.3) is 0 Å². The van der Waals surface area contributed by atoms with E-state index in [4.69, 9.17) is 10.8 Å². The standard InChI is InChI=1S/C11H13N3O4/c12-10(16)6-1-2-9(13-4-6)14-5-7(15)3-8(14)11(17)18/h1-2,4,7-8,15H,3,5H2,(H2,12,16)(H,17,18). The van der Waals surface area contributed by atoms with E-state index in [1.807, 2.05) is 0 Å². The lowest BCUT2D eigenvalue weighted by atomic mass is 10.2. The van der Waals surface area contributed by atoms with Gasteiger partial charge in [-0.1, -0.05) is 0 Å². The van der Waals surface area contributed by atoms with Gasteiger partial charge in [-0.25, -0.2) is 9.78 Å². The molecule has 1 fully saturated rings. The lowest BCUT2D eigenvalue weighted by molar-refractivity contribution is -0.138. The van der Waals surface area contributed by atoms with E-state index in [2.05, 4.69) is 4.98 Å². The van der Waals surface area contributed by atoms with Gasteiger partial charge in [0.2, 0.25) is 5.91 Å². The zero-order chi connectivity index (χ0) is 13.3. The largest absolute Gasteiger partial charge is 0.480 e. The number of carboxylic acids is 1. The number of β-amino-alcohol motifs (C(OH)–C–C–N with tert-alkyl or cyclic N) is 1. The molecular formula is C11H13N3O4. The number of primary amides is 1. The van der Waals surface area contributed by atoms with E-state index in [-0.39, 0.29) is 18.5 Å². The molecular weight excluding hydrogens is 238 g/mol. The Morgan fingerprint density at radius 1 is 1.44 bits per heavy atom. The normalized spacial score (nSPS) is 23.1. The van der Waals surface area contributed by atoms with Gasteiger partial charge in [0.15, 0.2) is 0 Å². The number of carboxylic acid groups (broad SMARTS) is 1. The number of anilines is 1. The van der Waals surface area contributed by atoms with E-state index in [0.717, 1.165) is 0 Å². The number of carbonyl (C=O) groups excluding carboxylic acids is 1. The number of rotatable bonds is 3. The monoisotopic (exact) mass is 251 g/mol. The summed E-state index contributed by atoms with van der Waals surface area (Å²) in [5.74, 6) is -1.19. The van der Waals surface area contributed by atoms with Crippen LogP contribution in [0.25, 0.3) is 0 Å². The maximum absolute atomic E-state index is 11.1. The molecule has 0 radical (unpaired) electrons. The first-order valence-electron chi connectivity index (χ1n) is 5.42. The molecule has 1 aromatic rings. The summed E-state index contributed by atoms with van der Waals surface area (Å²) in [5, 5.41) is 18.6. The van der Waals surface area contributed by atoms with Crippen molar-refractivity contribution in [1.29, 1.82) is 0 Å². The summed E-state index contributed by atoms with van der Waals surface area (Å²) < 4.78 is 0. The number of nitrogens with two attached hydrogens (primary N) is 1. The van der Waals surface area contributed by atoms with Crippen LogP contribution < -0.4 is 10.6 Å². The average molecular weight is 251 g/mol. The van der Waals surface area contributed by atoms with Gasteiger partial charge in [0.1, 0.15) is 11.9 Å². The average Bonchev–Trinajstić information content (AvgIpc) is 2.71. The Balaban J connectivity index is 2.24. The molecule has 2 rings (SSSR count). The Kier molecular flexibility index (Phi) is 3.15. The van der Waals surface area contributed by atoms with Gasteiger partial charge in [0, 0.05) is 19.2 Å². The molecule has 1 saturated heterocycles. The van der Waals surface area contributed by atoms with Crippen LogP contribution in [0.2, 0.25) is 0 Å². The minimum atomic E-state index is -1.01. The fourth-order valence-electron chi connectivity index (χ4n) is 2.00. The third-order valence-corrected chi connectivity index (χ3v) is 2.89. The lowest BCUT2D eigenvalue weighted by Gasteiger charge is -2.22. The van der Waals surface area contributed by atoms with Crippen LogP contribution in [0, 0.1) is 0 Å². The maximum atomic E-state index is 11.1. The van der Waals surface area contributed by atoms with E-state index < -0.39 is 24.0 Å². The number of aliphatic hydroxyl groups is 1. The van der Waals surface area contributed by atoms with Crippen molar-refractivity contribution in [2.24, 2.45) is 5.73 Å². The zero-order valence-corrected chi connectivity index (χ0v) is 9.48. The molecule has 18 heavy (non-hydrogen) atoms. The minimum absolute atomic E-state index is 0.161. The number of carbonyl (C=O) groups is 2. The topological polar surface area (TPSA) is 117 Å². The first-order valence-corrected chi connectivity index (χ1v) is 5.42. The number of aliphatic carboxylic acids is 1. The van der Waals surface area contributed by atoms with Crippen LogP contribution in [0.1, 0.15) is 16.8 Å². The quantitative estimate of drug-likeness (QED) is 0.647. The Morgan fingerprint density at radius 3 is 2.67 bits per heavy atom. The molecule has 1 aliphatic heterocycles. The number of aliphatic hydroxyl groups excluding tert-OH is 1.